The van der Waals surface area contributed by atoms with Gasteiger partial charge in [-0.1, -0.05) is 36.4 Å². The van der Waals surface area contributed by atoms with Crippen molar-refractivity contribution in [1.29, 1.82) is 0 Å². The molecule has 0 bridgehead atoms. The van der Waals surface area contributed by atoms with Crippen molar-refractivity contribution in [1.82, 2.24) is 4.98 Å². The third-order valence-electron chi connectivity index (χ3n) is 3.65. The van der Waals surface area contributed by atoms with Gasteiger partial charge in [-0.05, 0) is 53.1 Å². The molecule has 1 heterocycles. The number of ether oxygens (including phenoxy) is 1. The Hall–Kier alpha value is -2.94. The maximum atomic E-state index is 11.9. The summed E-state index contributed by atoms with van der Waals surface area (Å²) in [6.07, 6.45) is 6.30. The molecule has 3 aromatic rings. The Labute approximate surface area is 135 Å². The first-order chi connectivity index (χ1) is 11.2. The van der Waals surface area contributed by atoms with E-state index in [-0.39, 0.29) is 12.1 Å². The van der Waals surface area contributed by atoms with Gasteiger partial charge in [0.15, 0.2) is 0 Å². The van der Waals surface area contributed by atoms with E-state index in [1.807, 2.05) is 49.4 Å². The summed E-state index contributed by atoms with van der Waals surface area (Å²) in [4.78, 5) is 15.9. The molecule has 0 fully saturated rings. The number of benzene rings is 2. The van der Waals surface area contributed by atoms with Gasteiger partial charge in [-0.2, -0.15) is 0 Å². The smallest absolute Gasteiger partial charge is 0.331 e. The Bertz CT molecular complexity index is 840. The predicted molar refractivity (Wildman–Crippen MR) is 91.7 cm³/mol. The first kappa shape index (κ1) is 15.0. The van der Waals surface area contributed by atoms with Crippen molar-refractivity contribution in [3.63, 3.8) is 0 Å². The average molecular weight is 303 g/mol. The monoisotopic (exact) mass is 303 g/mol. The van der Waals surface area contributed by atoms with E-state index in [1.165, 1.54) is 11.5 Å². The van der Waals surface area contributed by atoms with Crippen molar-refractivity contribution < 1.29 is 9.53 Å². The summed E-state index contributed by atoms with van der Waals surface area (Å²) in [5, 5.41) is 2.33. The molecular weight excluding hydrogens is 286 g/mol. The van der Waals surface area contributed by atoms with Gasteiger partial charge in [-0.3, -0.25) is 4.98 Å². The Balaban J connectivity index is 1.67. The lowest BCUT2D eigenvalue weighted by atomic mass is 10.1. The summed E-state index contributed by atoms with van der Waals surface area (Å²) in [5.41, 5.74) is 1.89. The van der Waals surface area contributed by atoms with Gasteiger partial charge in [0.1, 0.15) is 6.10 Å². The van der Waals surface area contributed by atoms with Crippen molar-refractivity contribution in [2.24, 2.45) is 0 Å². The summed E-state index contributed by atoms with van der Waals surface area (Å²) < 4.78 is 5.39. The van der Waals surface area contributed by atoms with Crippen LogP contribution in [0.5, 0.6) is 0 Å². The minimum Gasteiger partial charge on any atom is -0.455 e. The topological polar surface area (TPSA) is 39.2 Å². The highest BCUT2D eigenvalue weighted by atomic mass is 16.5. The SMILES string of the molecule is CC(OC(=O)/C=C/c1ccc2ccccc2c1)c1ccncc1. The number of rotatable bonds is 4. The van der Waals surface area contributed by atoms with Crippen LogP contribution in [0.1, 0.15) is 24.2 Å². The fourth-order valence-electron chi connectivity index (χ4n) is 2.39. The number of pyridine rings is 1. The molecule has 3 nitrogen and oxygen atoms in total. The van der Waals surface area contributed by atoms with Crippen LogP contribution in [-0.4, -0.2) is 11.0 Å². The van der Waals surface area contributed by atoms with Crippen LogP contribution in [0, 0.1) is 0 Å². The van der Waals surface area contributed by atoms with Gasteiger partial charge in [0.25, 0.3) is 0 Å². The highest BCUT2D eigenvalue weighted by Gasteiger charge is 2.08. The Morgan fingerprint density at radius 3 is 2.57 bits per heavy atom. The van der Waals surface area contributed by atoms with Crippen LogP contribution in [-0.2, 0) is 9.53 Å². The summed E-state index contributed by atoms with van der Waals surface area (Å²) in [6, 6.07) is 17.9. The molecule has 1 aromatic heterocycles. The van der Waals surface area contributed by atoms with Crippen molar-refractivity contribution in [2.75, 3.05) is 0 Å². The molecule has 0 amide bonds. The third-order valence-corrected chi connectivity index (χ3v) is 3.65. The highest BCUT2D eigenvalue weighted by Crippen LogP contribution is 2.18. The normalized spacial score (nSPS) is 12.4. The lowest BCUT2D eigenvalue weighted by Gasteiger charge is -2.11. The van der Waals surface area contributed by atoms with Crippen molar-refractivity contribution in [2.45, 2.75) is 13.0 Å². The number of fused-ring (bicyclic) bond motifs is 1. The van der Waals surface area contributed by atoms with Crippen molar-refractivity contribution >= 4 is 22.8 Å². The first-order valence-electron chi connectivity index (χ1n) is 7.50. The van der Waals surface area contributed by atoms with E-state index in [0.29, 0.717) is 0 Å². The van der Waals surface area contributed by atoms with Gasteiger partial charge in [0.05, 0.1) is 0 Å². The van der Waals surface area contributed by atoms with Gasteiger partial charge < -0.3 is 4.74 Å². The molecule has 3 rings (SSSR count). The van der Waals surface area contributed by atoms with Crippen molar-refractivity contribution in [3.05, 3.63) is 84.2 Å². The Kier molecular flexibility index (Phi) is 4.48. The molecule has 0 aliphatic carbocycles. The van der Waals surface area contributed by atoms with E-state index in [0.717, 1.165) is 16.5 Å². The quantitative estimate of drug-likeness (QED) is 0.524. The second-order valence-electron chi connectivity index (χ2n) is 5.30. The second-order valence-corrected chi connectivity index (χ2v) is 5.30. The molecule has 0 N–H and O–H groups in total. The average Bonchev–Trinajstić information content (AvgIpc) is 2.60. The van der Waals surface area contributed by atoms with E-state index in [1.54, 1.807) is 18.5 Å². The standard InChI is InChI=1S/C20H17NO2/c1-15(17-10-12-21-13-11-17)23-20(22)9-7-16-6-8-18-4-2-3-5-19(18)14-16/h2-15H,1H3/b9-7+. The van der Waals surface area contributed by atoms with Crippen molar-refractivity contribution in [3.8, 4) is 0 Å². The van der Waals surface area contributed by atoms with E-state index < -0.39 is 0 Å². The summed E-state index contributed by atoms with van der Waals surface area (Å²) >= 11 is 0. The third kappa shape index (κ3) is 3.83. The molecule has 0 saturated heterocycles. The zero-order valence-corrected chi connectivity index (χ0v) is 12.8. The number of nitrogens with zero attached hydrogens (tertiary/aromatic N) is 1. The maximum absolute atomic E-state index is 11.9. The predicted octanol–water partition coefficient (Wildman–Crippen LogP) is 4.55. The van der Waals surface area contributed by atoms with Gasteiger partial charge in [-0.15, -0.1) is 0 Å². The van der Waals surface area contributed by atoms with Gasteiger partial charge >= 0.3 is 5.97 Å². The van der Waals surface area contributed by atoms with E-state index in [4.69, 9.17) is 4.74 Å². The molecule has 0 saturated carbocycles. The van der Waals surface area contributed by atoms with Crippen LogP contribution in [0.3, 0.4) is 0 Å². The minimum atomic E-state index is -0.359. The molecule has 0 spiro atoms. The largest absolute Gasteiger partial charge is 0.455 e. The minimum absolute atomic E-state index is 0.299. The maximum Gasteiger partial charge on any atom is 0.331 e. The number of carbonyl (C=O) groups is 1. The Morgan fingerprint density at radius 1 is 1.04 bits per heavy atom. The molecule has 23 heavy (non-hydrogen) atoms. The van der Waals surface area contributed by atoms with Crippen LogP contribution < -0.4 is 0 Å². The fourth-order valence-corrected chi connectivity index (χ4v) is 2.39. The zero-order valence-electron chi connectivity index (χ0n) is 12.8. The van der Waals surface area contributed by atoms with E-state index >= 15 is 0 Å². The molecule has 1 unspecified atom stereocenters. The molecule has 0 aliphatic heterocycles. The number of hydrogen-bond acceptors (Lipinski definition) is 3. The van der Waals surface area contributed by atoms with E-state index in [2.05, 4.69) is 17.1 Å². The van der Waals surface area contributed by atoms with Crippen LogP contribution in [0.4, 0.5) is 0 Å². The molecule has 3 heteroatoms. The van der Waals surface area contributed by atoms with Crippen LogP contribution in [0.25, 0.3) is 16.8 Å². The first-order valence-corrected chi connectivity index (χ1v) is 7.50. The number of aromatic nitrogens is 1. The number of esters is 1. The summed E-state index contributed by atoms with van der Waals surface area (Å²) in [7, 11) is 0. The molecular formula is C20H17NO2. The van der Waals surface area contributed by atoms with Crippen LogP contribution >= 0.6 is 0 Å². The lowest BCUT2D eigenvalue weighted by Crippen LogP contribution is -2.06. The Morgan fingerprint density at radius 2 is 1.78 bits per heavy atom. The van der Waals surface area contributed by atoms with Gasteiger partial charge in [0.2, 0.25) is 0 Å². The summed E-state index contributed by atoms with van der Waals surface area (Å²) in [6.45, 7) is 1.84. The molecule has 0 aliphatic rings. The molecule has 114 valence electrons. The highest BCUT2D eigenvalue weighted by molar-refractivity contribution is 5.89. The van der Waals surface area contributed by atoms with Crippen LogP contribution in [0.15, 0.2) is 73.1 Å². The zero-order chi connectivity index (χ0) is 16.1. The van der Waals surface area contributed by atoms with E-state index in [9.17, 15) is 4.79 Å². The lowest BCUT2D eigenvalue weighted by molar-refractivity contribution is -0.142. The fraction of sp³-hybridized carbons (Fsp3) is 0.100. The molecule has 0 radical (unpaired) electrons. The van der Waals surface area contributed by atoms with Crippen LogP contribution in [0.2, 0.25) is 0 Å². The van der Waals surface area contributed by atoms with Gasteiger partial charge in [0, 0.05) is 18.5 Å². The molecule has 2 aromatic carbocycles. The second kappa shape index (κ2) is 6.88. The van der Waals surface area contributed by atoms with Gasteiger partial charge in [-0.25, -0.2) is 4.79 Å². The summed E-state index contributed by atoms with van der Waals surface area (Å²) in [5.74, 6) is -0.359. The molecule has 1 atom stereocenters. The number of hydrogen-bond donors (Lipinski definition) is 0. The number of carbonyl (C=O) groups excluding carboxylic acids is 1.